The van der Waals surface area contributed by atoms with E-state index in [1.54, 1.807) is 6.33 Å². The van der Waals surface area contributed by atoms with Crippen LogP contribution in [-0.4, -0.2) is 23.1 Å². The Balaban J connectivity index is 2.20. The zero-order chi connectivity index (χ0) is 10.7. The summed E-state index contributed by atoms with van der Waals surface area (Å²) in [6.45, 7) is 2.13. The summed E-state index contributed by atoms with van der Waals surface area (Å²) in [5.74, 6) is 1.94. The van der Waals surface area contributed by atoms with Crippen LogP contribution in [0.1, 0.15) is 31.7 Å². The monoisotopic (exact) mass is 206 g/mol. The van der Waals surface area contributed by atoms with Gasteiger partial charge in [-0.15, -0.1) is 0 Å². The standard InChI is InChI=1S/C11H18N4/c1-3-9-10(12-2)13-7-14-11(9)15-8-5-4-6-8/h7-8H,3-6H2,1-2H3,(H2,12,13,14,15). The Morgan fingerprint density at radius 3 is 2.60 bits per heavy atom. The summed E-state index contributed by atoms with van der Waals surface area (Å²) in [6.07, 6.45) is 6.44. The Hall–Kier alpha value is -1.32. The van der Waals surface area contributed by atoms with Crippen molar-refractivity contribution in [2.75, 3.05) is 17.7 Å². The lowest BCUT2D eigenvalue weighted by Gasteiger charge is -2.28. The van der Waals surface area contributed by atoms with E-state index in [-0.39, 0.29) is 0 Å². The Bertz CT molecular complexity index is 333. The molecule has 0 unspecified atom stereocenters. The molecule has 1 aliphatic carbocycles. The van der Waals surface area contributed by atoms with E-state index >= 15 is 0 Å². The summed E-state index contributed by atoms with van der Waals surface area (Å²) in [5.41, 5.74) is 1.19. The van der Waals surface area contributed by atoms with Crippen molar-refractivity contribution in [2.45, 2.75) is 38.6 Å². The minimum Gasteiger partial charge on any atom is -0.373 e. The van der Waals surface area contributed by atoms with Gasteiger partial charge in [0.2, 0.25) is 0 Å². The fourth-order valence-electron chi connectivity index (χ4n) is 1.83. The lowest BCUT2D eigenvalue weighted by atomic mass is 9.93. The molecule has 1 heterocycles. The fourth-order valence-corrected chi connectivity index (χ4v) is 1.83. The minimum absolute atomic E-state index is 0.620. The third-order valence-electron chi connectivity index (χ3n) is 2.98. The van der Waals surface area contributed by atoms with E-state index in [4.69, 9.17) is 0 Å². The first-order chi connectivity index (χ1) is 7.35. The van der Waals surface area contributed by atoms with Crippen LogP contribution < -0.4 is 10.6 Å². The van der Waals surface area contributed by atoms with Gasteiger partial charge in [0.25, 0.3) is 0 Å². The molecule has 0 radical (unpaired) electrons. The van der Waals surface area contributed by atoms with Gasteiger partial charge in [0.05, 0.1) is 0 Å². The average Bonchev–Trinajstić information content (AvgIpc) is 2.22. The zero-order valence-electron chi connectivity index (χ0n) is 9.38. The third-order valence-corrected chi connectivity index (χ3v) is 2.98. The molecule has 1 aromatic heterocycles. The van der Waals surface area contributed by atoms with Gasteiger partial charge in [-0.3, -0.25) is 0 Å². The van der Waals surface area contributed by atoms with E-state index in [9.17, 15) is 0 Å². The summed E-state index contributed by atoms with van der Waals surface area (Å²) >= 11 is 0. The molecule has 1 aliphatic rings. The van der Waals surface area contributed by atoms with Crippen molar-refractivity contribution < 1.29 is 0 Å². The molecular weight excluding hydrogens is 188 g/mol. The van der Waals surface area contributed by atoms with Crippen molar-refractivity contribution in [1.82, 2.24) is 9.97 Å². The van der Waals surface area contributed by atoms with Gasteiger partial charge in [0.1, 0.15) is 18.0 Å². The van der Waals surface area contributed by atoms with Crippen LogP contribution in [0.4, 0.5) is 11.6 Å². The van der Waals surface area contributed by atoms with E-state index in [1.165, 1.54) is 24.8 Å². The van der Waals surface area contributed by atoms with Crippen molar-refractivity contribution in [3.63, 3.8) is 0 Å². The zero-order valence-corrected chi connectivity index (χ0v) is 9.38. The van der Waals surface area contributed by atoms with Gasteiger partial charge in [0.15, 0.2) is 0 Å². The van der Waals surface area contributed by atoms with Crippen molar-refractivity contribution in [3.8, 4) is 0 Å². The SMILES string of the molecule is CCc1c(NC)ncnc1NC1CCC1. The van der Waals surface area contributed by atoms with Crippen molar-refractivity contribution in [1.29, 1.82) is 0 Å². The van der Waals surface area contributed by atoms with Crippen molar-refractivity contribution in [3.05, 3.63) is 11.9 Å². The Morgan fingerprint density at radius 1 is 1.33 bits per heavy atom. The number of hydrogen-bond acceptors (Lipinski definition) is 4. The summed E-state index contributed by atoms with van der Waals surface area (Å²) in [4.78, 5) is 8.54. The normalized spacial score (nSPS) is 15.9. The van der Waals surface area contributed by atoms with Crippen molar-refractivity contribution >= 4 is 11.6 Å². The fraction of sp³-hybridized carbons (Fsp3) is 0.636. The maximum Gasteiger partial charge on any atom is 0.134 e. The predicted octanol–water partition coefficient (Wildman–Crippen LogP) is 2.05. The van der Waals surface area contributed by atoms with Gasteiger partial charge in [-0.2, -0.15) is 0 Å². The highest BCUT2D eigenvalue weighted by molar-refractivity contribution is 5.57. The first kappa shape index (κ1) is 10.2. The van der Waals surface area contributed by atoms with Gasteiger partial charge in [-0.05, 0) is 25.7 Å². The molecule has 1 fully saturated rings. The van der Waals surface area contributed by atoms with Crippen molar-refractivity contribution in [2.24, 2.45) is 0 Å². The van der Waals surface area contributed by atoms with Crippen LogP contribution in [0.5, 0.6) is 0 Å². The molecule has 1 aromatic rings. The number of rotatable bonds is 4. The minimum atomic E-state index is 0.620. The van der Waals surface area contributed by atoms with Crippen LogP contribution in [0, 0.1) is 0 Å². The molecule has 0 bridgehead atoms. The number of hydrogen-bond donors (Lipinski definition) is 2. The predicted molar refractivity (Wildman–Crippen MR) is 62.2 cm³/mol. The van der Waals surface area contributed by atoms with Crippen LogP contribution in [0.25, 0.3) is 0 Å². The molecule has 0 spiro atoms. The summed E-state index contributed by atoms with van der Waals surface area (Å²) in [6, 6.07) is 0.620. The van der Waals surface area contributed by atoms with Crippen LogP contribution in [0.2, 0.25) is 0 Å². The Kier molecular flexibility index (Phi) is 3.04. The van der Waals surface area contributed by atoms with Gasteiger partial charge >= 0.3 is 0 Å². The molecule has 4 heteroatoms. The molecule has 0 saturated heterocycles. The summed E-state index contributed by atoms with van der Waals surface area (Å²) < 4.78 is 0. The van der Waals surface area contributed by atoms with Crippen LogP contribution in [0.3, 0.4) is 0 Å². The van der Waals surface area contributed by atoms with Gasteiger partial charge < -0.3 is 10.6 Å². The topological polar surface area (TPSA) is 49.8 Å². The van der Waals surface area contributed by atoms with E-state index in [2.05, 4.69) is 27.5 Å². The number of anilines is 2. The molecular formula is C11H18N4. The summed E-state index contributed by atoms with van der Waals surface area (Å²) in [5, 5.41) is 6.59. The van der Waals surface area contributed by atoms with E-state index < -0.39 is 0 Å². The average molecular weight is 206 g/mol. The maximum absolute atomic E-state index is 4.32. The summed E-state index contributed by atoms with van der Waals surface area (Å²) in [7, 11) is 1.90. The largest absolute Gasteiger partial charge is 0.373 e. The van der Waals surface area contributed by atoms with E-state index in [1.807, 2.05) is 7.05 Å². The number of nitrogens with one attached hydrogen (secondary N) is 2. The molecule has 1 saturated carbocycles. The lowest BCUT2D eigenvalue weighted by molar-refractivity contribution is 0.444. The molecule has 2 N–H and O–H groups in total. The number of aromatic nitrogens is 2. The highest BCUT2D eigenvalue weighted by Crippen LogP contribution is 2.26. The molecule has 15 heavy (non-hydrogen) atoms. The molecule has 4 nitrogen and oxygen atoms in total. The third kappa shape index (κ3) is 2.03. The van der Waals surface area contributed by atoms with Gasteiger partial charge in [-0.1, -0.05) is 6.92 Å². The van der Waals surface area contributed by atoms with Crippen LogP contribution in [0.15, 0.2) is 6.33 Å². The Labute approximate surface area is 90.5 Å². The van der Waals surface area contributed by atoms with Crippen LogP contribution >= 0.6 is 0 Å². The van der Waals surface area contributed by atoms with E-state index in [0.717, 1.165) is 18.1 Å². The molecule has 0 aliphatic heterocycles. The quantitative estimate of drug-likeness (QED) is 0.791. The highest BCUT2D eigenvalue weighted by atomic mass is 15.1. The molecule has 0 aromatic carbocycles. The smallest absolute Gasteiger partial charge is 0.134 e. The highest BCUT2D eigenvalue weighted by Gasteiger charge is 2.19. The second-order valence-corrected chi connectivity index (χ2v) is 3.93. The van der Waals surface area contributed by atoms with E-state index in [0.29, 0.717) is 6.04 Å². The lowest BCUT2D eigenvalue weighted by Crippen LogP contribution is -2.28. The molecule has 2 rings (SSSR count). The Morgan fingerprint density at radius 2 is 2.07 bits per heavy atom. The first-order valence-electron chi connectivity index (χ1n) is 5.63. The second kappa shape index (κ2) is 4.47. The first-order valence-corrected chi connectivity index (χ1v) is 5.63. The molecule has 82 valence electrons. The van der Waals surface area contributed by atoms with Gasteiger partial charge in [0, 0.05) is 18.7 Å². The van der Waals surface area contributed by atoms with Crippen LogP contribution in [-0.2, 0) is 6.42 Å². The number of nitrogens with zero attached hydrogens (tertiary/aromatic N) is 2. The molecule has 0 amide bonds. The molecule has 0 atom stereocenters. The van der Waals surface area contributed by atoms with Gasteiger partial charge in [-0.25, -0.2) is 9.97 Å². The maximum atomic E-state index is 4.32. The second-order valence-electron chi connectivity index (χ2n) is 3.93.